The number of rotatable bonds is 4. The van der Waals surface area contributed by atoms with Crippen LogP contribution in [0.4, 0.5) is 11.8 Å². The second-order valence-electron chi connectivity index (χ2n) is 7.31. The molecular formula is C17H23N7O. The lowest BCUT2D eigenvalue weighted by molar-refractivity contribution is -0.0699. The summed E-state index contributed by atoms with van der Waals surface area (Å²) in [6, 6.07) is 4.13. The number of nitrogen functional groups attached to an aromatic ring is 1. The van der Waals surface area contributed by atoms with E-state index in [0.29, 0.717) is 35.2 Å². The fourth-order valence-corrected chi connectivity index (χ4v) is 2.61. The summed E-state index contributed by atoms with van der Waals surface area (Å²) in [5, 5.41) is 9.01. The first-order valence-electron chi connectivity index (χ1n) is 8.19. The summed E-state index contributed by atoms with van der Waals surface area (Å²) in [5.41, 5.74) is 7.39. The second kappa shape index (κ2) is 6.43. The predicted molar refractivity (Wildman–Crippen MR) is 95.9 cm³/mol. The van der Waals surface area contributed by atoms with E-state index in [0.717, 1.165) is 13.1 Å². The van der Waals surface area contributed by atoms with Gasteiger partial charge < -0.3 is 15.4 Å². The maximum atomic E-state index is 9.01. The van der Waals surface area contributed by atoms with Crippen molar-refractivity contribution in [2.75, 3.05) is 37.5 Å². The molecule has 0 bridgehead atoms. The van der Waals surface area contributed by atoms with E-state index in [1.165, 1.54) is 6.20 Å². The van der Waals surface area contributed by atoms with E-state index in [1.54, 1.807) is 6.07 Å². The highest BCUT2D eigenvalue weighted by molar-refractivity contribution is 5.87. The number of nitriles is 1. The number of nitrogens with zero attached hydrogens (tertiary/aromatic N) is 6. The quantitative estimate of drug-likeness (QED) is 0.832. The first kappa shape index (κ1) is 17.3. The van der Waals surface area contributed by atoms with Gasteiger partial charge in [-0.1, -0.05) is 0 Å². The third-order valence-corrected chi connectivity index (χ3v) is 4.15. The molecule has 132 valence electrons. The van der Waals surface area contributed by atoms with Crippen LogP contribution >= 0.6 is 0 Å². The molecule has 0 spiro atoms. The lowest BCUT2D eigenvalue weighted by atomic mass is 10.1. The molecule has 0 amide bonds. The third-order valence-electron chi connectivity index (χ3n) is 4.15. The van der Waals surface area contributed by atoms with Gasteiger partial charge in [-0.15, -0.1) is 0 Å². The summed E-state index contributed by atoms with van der Waals surface area (Å²) in [7, 11) is 2.05. The fraction of sp³-hybridized carbons (Fsp3) is 0.529. The number of likely N-dealkylation sites (N-methyl/N-ethyl adjacent to an activating group) is 1. The van der Waals surface area contributed by atoms with Crippen LogP contribution in [0.1, 0.15) is 26.3 Å². The Labute approximate surface area is 147 Å². The molecule has 0 unspecified atom stereocenters. The SMILES string of the molecule is CN(COC(C)(C)C)C1CN(c2nc(N)nc3cc(C#N)cnc23)C1. The topological polar surface area (TPSA) is 104 Å². The molecule has 8 nitrogen and oxygen atoms in total. The van der Waals surface area contributed by atoms with E-state index in [-0.39, 0.29) is 11.5 Å². The molecule has 1 aliphatic heterocycles. The largest absolute Gasteiger partial charge is 0.368 e. The van der Waals surface area contributed by atoms with Crippen LogP contribution in [0.15, 0.2) is 12.3 Å². The number of pyridine rings is 1. The lowest BCUT2D eigenvalue weighted by Crippen LogP contribution is -2.59. The van der Waals surface area contributed by atoms with Gasteiger partial charge in [-0.05, 0) is 33.9 Å². The Morgan fingerprint density at radius 1 is 1.40 bits per heavy atom. The molecule has 0 atom stereocenters. The maximum absolute atomic E-state index is 9.01. The van der Waals surface area contributed by atoms with Crippen molar-refractivity contribution in [3.05, 3.63) is 17.8 Å². The van der Waals surface area contributed by atoms with Crippen molar-refractivity contribution in [2.45, 2.75) is 32.4 Å². The van der Waals surface area contributed by atoms with E-state index in [4.69, 9.17) is 15.7 Å². The molecule has 0 aliphatic carbocycles. The zero-order chi connectivity index (χ0) is 18.2. The standard InChI is InChI=1S/C17H23N7O/c1-17(2,3)25-10-23(4)12-8-24(9-12)15-14-13(21-16(19)22-15)5-11(6-18)7-20-14/h5,7,12H,8-10H2,1-4H3,(H2,19,21,22). The van der Waals surface area contributed by atoms with Gasteiger partial charge in [0.2, 0.25) is 5.95 Å². The van der Waals surface area contributed by atoms with Gasteiger partial charge in [-0.25, -0.2) is 9.97 Å². The van der Waals surface area contributed by atoms with Gasteiger partial charge in [0.15, 0.2) is 5.82 Å². The van der Waals surface area contributed by atoms with Crippen molar-refractivity contribution < 1.29 is 4.74 Å². The van der Waals surface area contributed by atoms with Crippen LogP contribution in [0, 0.1) is 11.3 Å². The molecule has 2 N–H and O–H groups in total. The summed E-state index contributed by atoms with van der Waals surface area (Å²) >= 11 is 0. The number of nitrogens with two attached hydrogens (primary N) is 1. The van der Waals surface area contributed by atoms with Crippen molar-refractivity contribution in [3.8, 4) is 6.07 Å². The Hall–Kier alpha value is -2.50. The van der Waals surface area contributed by atoms with Crippen molar-refractivity contribution in [1.29, 1.82) is 5.26 Å². The van der Waals surface area contributed by atoms with E-state index >= 15 is 0 Å². The molecular weight excluding hydrogens is 318 g/mol. The van der Waals surface area contributed by atoms with Gasteiger partial charge in [0.05, 0.1) is 23.4 Å². The van der Waals surface area contributed by atoms with Crippen LogP contribution in [-0.4, -0.2) is 58.4 Å². The molecule has 25 heavy (non-hydrogen) atoms. The Kier molecular flexibility index (Phi) is 4.45. The Balaban J connectivity index is 1.73. The molecule has 1 aliphatic rings. The molecule has 2 aromatic rings. The summed E-state index contributed by atoms with van der Waals surface area (Å²) in [6.45, 7) is 8.35. The van der Waals surface area contributed by atoms with Crippen LogP contribution in [-0.2, 0) is 4.74 Å². The summed E-state index contributed by atoms with van der Waals surface area (Å²) in [4.78, 5) is 17.2. The smallest absolute Gasteiger partial charge is 0.222 e. The maximum Gasteiger partial charge on any atom is 0.222 e. The van der Waals surface area contributed by atoms with E-state index < -0.39 is 0 Å². The molecule has 2 aromatic heterocycles. The van der Waals surface area contributed by atoms with E-state index in [2.05, 4.69) is 37.9 Å². The summed E-state index contributed by atoms with van der Waals surface area (Å²) in [5.74, 6) is 0.903. The van der Waals surface area contributed by atoms with Crippen LogP contribution < -0.4 is 10.6 Å². The summed E-state index contributed by atoms with van der Waals surface area (Å²) in [6.07, 6.45) is 1.53. The van der Waals surface area contributed by atoms with Crippen LogP contribution in [0.3, 0.4) is 0 Å². The van der Waals surface area contributed by atoms with Gasteiger partial charge in [0, 0.05) is 25.3 Å². The Morgan fingerprint density at radius 2 is 2.12 bits per heavy atom. The molecule has 0 saturated carbocycles. The van der Waals surface area contributed by atoms with Gasteiger partial charge in [0.1, 0.15) is 11.6 Å². The number of fused-ring (bicyclic) bond motifs is 1. The third kappa shape index (κ3) is 3.78. The average molecular weight is 341 g/mol. The Morgan fingerprint density at radius 3 is 2.76 bits per heavy atom. The van der Waals surface area contributed by atoms with E-state index in [9.17, 15) is 0 Å². The van der Waals surface area contributed by atoms with Crippen molar-refractivity contribution in [2.24, 2.45) is 0 Å². The molecule has 3 rings (SSSR count). The monoisotopic (exact) mass is 341 g/mol. The van der Waals surface area contributed by atoms with Crippen LogP contribution in [0.25, 0.3) is 11.0 Å². The number of aromatic nitrogens is 3. The van der Waals surface area contributed by atoms with Crippen molar-refractivity contribution in [1.82, 2.24) is 19.9 Å². The van der Waals surface area contributed by atoms with E-state index in [1.807, 2.05) is 20.8 Å². The van der Waals surface area contributed by atoms with Crippen LogP contribution in [0.5, 0.6) is 0 Å². The van der Waals surface area contributed by atoms with Crippen molar-refractivity contribution >= 4 is 22.8 Å². The van der Waals surface area contributed by atoms with Crippen LogP contribution in [0.2, 0.25) is 0 Å². The average Bonchev–Trinajstić information content (AvgIpc) is 2.50. The Bertz CT molecular complexity index is 818. The molecule has 0 aromatic carbocycles. The lowest BCUT2D eigenvalue weighted by Gasteiger charge is -2.45. The zero-order valence-corrected chi connectivity index (χ0v) is 15.0. The number of hydrogen-bond donors (Lipinski definition) is 1. The van der Waals surface area contributed by atoms with Crippen molar-refractivity contribution in [3.63, 3.8) is 0 Å². The summed E-state index contributed by atoms with van der Waals surface area (Å²) < 4.78 is 5.82. The first-order valence-corrected chi connectivity index (χ1v) is 8.19. The van der Waals surface area contributed by atoms with Gasteiger partial charge in [0.25, 0.3) is 0 Å². The minimum atomic E-state index is -0.155. The normalized spacial score (nSPS) is 15.4. The second-order valence-corrected chi connectivity index (χ2v) is 7.31. The van der Waals surface area contributed by atoms with Gasteiger partial charge >= 0.3 is 0 Å². The van der Waals surface area contributed by atoms with Gasteiger partial charge in [-0.3, -0.25) is 4.90 Å². The highest BCUT2D eigenvalue weighted by Gasteiger charge is 2.33. The number of ether oxygens (including phenoxy) is 1. The number of hydrogen-bond acceptors (Lipinski definition) is 8. The highest BCUT2D eigenvalue weighted by Crippen LogP contribution is 2.28. The number of anilines is 2. The highest BCUT2D eigenvalue weighted by atomic mass is 16.5. The molecule has 0 radical (unpaired) electrons. The zero-order valence-electron chi connectivity index (χ0n) is 15.0. The molecule has 1 fully saturated rings. The minimum absolute atomic E-state index is 0.155. The van der Waals surface area contributed by atoms with Gasteiger partial charge in [-0.2, -0.15) is 10.2 Å². The molecule has 1 saturated heterocycles. The fourth-order valence-electron chi connectivity index (χ4n) is 2.61. The predicted octanol–water partition coefficient (Wildman–Crippen LogP) is 1.37. The molecule has 8 heteroatoms. The first-order chi connectivity index (χ1) is 11.8. The molecule has 3 heterocycles. The minimum Gasteiger partial charge on any atom is -0.368 e.